The Kier molecular flexibility index (Phi) is 9.53. The van der Waals surface area contributed by atoms with Gasteiger partial charge in [-0.05, 0) is 113 Å². The van der Waals surface area contributed by atoms with Crippen molar-refractivity contribution in [3.8, 4) is 73.0 Å². The zero-order valence-electron chi connectivity index (χ0n) is 38.7. The molecule has 0 saturated carbocycles. The number of nitrogens with zero attached hydrogens (tertiary/aromatic N) is 3. The molecule has 0 bridgehead atoms. The van der Waals surface area contributed by atoms with Crippen LogP contribution in [-0.4, -0.2) is 14.5 Å². The monoisotopic (exact) mass is 901 g/mol. The fraction of sp³-hybridized carbons (Fsp3) is 0. The lowest BCUT2D eigenvalue weighted by Crippen LogP contribution is -2.00. The quantitative estimate of drug-likeness (QED) is 0.118. The van der Waals surface area contributed by atoms with Gasteiger partial charge in [0.2, 0.25) is 0 Å². The Morgan fingerprint density at radius 1 is 0.268 bits per heavy atom. The van der Waals surface area contributed by atoms with Gasteiger partial charge >= 0.3 is 0 Å². The van der Waals surface area contributed by atoms with Crippen molar-refractivity contribution in [2.45, 2.75) is 0 Å². The summed E-state index contributed by atoms with van der Waals surface area (Å²) in [7, 11) is 0. The third kappa shape index (κ3) is 6.82. The molecule has 2 heterocycles. The maximum atomic E-state index is 5.30. The van der Waals surface area contributed by atoms with E-state index in [4.69, 9.17) is 9.97 Å². The van der Waals surface area contributed by atoms with E-state index in [0.29, 0.717) is 5.82 Å². The summed E-state index contributed by atoms with van der Waals surface area (Å²) in [4.78, 5) is 10.6. The largest absolute Gasteiger partial charge is 0.309 e. The van der Waals surface area contributed by atoms with Gasteiger partial charge in [0.05, 0.1) is 28.1 Å². The van der Waals surface area contributed by atoms with Crippen LogP contribution in [0.15, 0.2) is 261 Å². The van der Waals surface area contributed by atoms with E-state index in [1.807, 2.05) is 18.2 Å². The Morgan fingerprint density at radius 3 is 1.48 bits per heavy atom. The third-order valence-electron chi connectivity index (χ3n) is 14.4. The summed E-state index contributed by atoms with van der Waals surface area (Å²) in [6.07, 6.45) is 0. The highest BCUT2D eigenvalue weighted by Gasteiger charge is 2.21. The molecule has 71 heavy (non-hydrogen) atoms. The Bertz CT molecular complexity index is 4330. The van der Waals surface area contributed by atoms with Crippen molar-refractivity contribution in [1.29, 1.82) is 0 Å². The first-order valence-corrected chi connectivity index (χ1v) is 24.3. The van der Waals surface area contributed by atoms with Crippen LogP contribution in [0.5, 0.6) is 0 Å². The molecule has 3 heteroatoms. The molecule has 0 aliphatic rings. The van der Waals surface area contributed by atoms with Crippen LogP contribution in [0.25, 0.3) is 138 Å². The number of para-hydroxylation sites is 3. The predicted octanol–water partition coefficient (Wildman–Crippen LogP) is 18.2. The molecule has 0 aliphatic heterocycles. The lowest BCUT2D eigenvalue weighted by Gasteiger charge is -2.19. The van der Waals surface area contributed by atoms with Crippen molar-refractivity contribution in [2.75, 3.05) is 0 Å². The van der Waals surface area contributed by atoms with E-state index in [2.05, 4.69) is 247 Å². The molecule has 0 radical (unpaired) electrons. The van der Waals surface area contributed by atoms with Gasteiger partial charge in [0.15, 0.2) is 5.82 Å². The molecule has 0 fully saturated rings. The molecular formula is C68H43N3. The number of rotatable bonds is 7. The molecule has 0 saturated heterocycles. The van der Waals surface area contributed by atoms with Gasteiger partial charge in [-0.15, -0.1) is 0 Å². The van der Waals surface area contributed by atoms with Crippen molar-refractivity contribution in [1.82, 2.24) is 14.5 Å². The molecule has 14 rings (SSSR count). The average molecular weight is 902 g/mol. The van der Waals surface area contributed by atoms with E-state index in [1.54, 1.807) is 0 Å². The molecule has 0 spiro atoms. The highest BCUT2D eigenvalue weighted by Crippen LogP contribution is 2.47. The molecule has 330 valence electrons. The molecule has 12 aromatic carbocycles. The predicted molar refractivity (Wildman–Crippen MR) is 299 cm³/mol. The lowest BCUT2D eigenvalue weighted by atomic mass is 9.84. The maximum Gasteiger partial charge on any atom is 0.160 e. The van der Waals surface area contributed by atoms with Gasteiger partial charge in [-0.2, -0.15) is 0 Å². The van der Waals surface area contributed by atoms with E-state index in [1.165, 1.54) is 81.9 Å². The number of aromatic nitrogens is 3. The summed E-state index contributed by atoms with van der Waals surface area (Å²) in [6, 6.07) is 94.2. The number of fused-ring (bicyclic) bond motifs is 8. The number of hydrogen-bond acceptors (Lipinski definition) is 2. The summed E-state index contributed by atoms with van der Waals surface area (Å²) >= 11 is 0. The van der Waals surface area contributed by atoms with E-state index in [-0.39, 0.29) is 0 Å². The van der Waals surface area contributed by atoms with Crippen LogP contribution in [0.3, 0.4) is 0 Å². The zero-order chi connectivity index (χ0) is 46.8. The number of benzene rings is 12. The smallest absolute Gasteiger partial charge is 0.160 e. The number of hydrogen-bond donors (Lipinski definition) is 0. The molecule has 14 aromatic rings. The summed E-state index contributed by atoms with van der Waals surface area (Å²) in [5.41, 5.74) is 15.5. The summed E-state index contributed by atoms with van der Waals surface area (Å²) in [5, 5.41) is 12.3. The first kappa shape index (κ1) is 40.6. The lowest BCUT2D eigenvalue weighted by molar-refractivity contribution is 1.15. The Balaban J connectivity index is 0.859. The highest BCUT2D eigenvalue weighted by atomic mass is 15.0. The summed E-state index contributed by atoms with van der Waals surface area (Å²) < 4.78 is 2.38. The van der Waals surface area contributed by atoms with Crippen LogP contribution >= 0.6 is 0 Å². The van der Waals surface area contributed by atoms with Crippen LogP contribution in [0.4, 0.5) is 0 Å². The van der Waals surface area contributed by atoms with E-state index < -0.39 is 0 Å². The standard InChI is InChI=1S/C68H43N3/c1-3-18-46(19-4-1)65-56-25-9-10-26-57(56)66(67-53-22-8-7-17-45(53)39-40-59(65)67)47-33-31-44(32-34-47)49-35-36-51-42-52(38-37-50(51)41-49)60-43-61(70-68(69-60)48-20-5-2-6-21-48)58-27-13-16-30-64(58)71-62-28-14-11-23-54(62)55-24-12-15-29-63(55)71/h1-43H. The minimum Gasteiger partial charge on any atom is -0.309 e. The van der Waals surface area contributed by atoms with Gasteiger partial charge in [0.25, 0.3) is 0 Å². The van der Waals surface area contributed by atoms with Crippen molar-refractivity contribution in [3.63, 3.8) is 0 Å². The summed E-state index contributed by atoms with van der Waals surface area (Å²) in [5.74, 6) is 0.690. The third-order valence-corrected chi connectivity index (χ3v) is 14.4. The minimum absolute atomic E-state index is 0.690. The molecular weight excluding hydrogens is 859 g/mol. The van der Waals surface area contributed by atoms with Crippen LogP contribution in [0, 0.1) is 0 Å². The molecule has 3 nitrogen and oxygen atoms in total. The SMILES string of the molecule is c1ccc(-c2nc(-c3ccc4cc(-c5ccc(-c6c7ccccc7c(-c7ccccc7)c7ccc8ccccc8c67)cc5)ccc4c3)cc(-c3ccccc3-n3c4ccccc4c4ccccc43)n2)cc1. The topological polar surface area (TPSA) is 30.7 Å². The van der Waals surface area contributed by atoms with Crippen molar-refractivity contribution in [2.24, 2.45) is 0 Å². The van der Waals surface area contributed by atoms with Gasteiger partial charge in [-0.1, -0.05) is 224 Å². The van der Waals surface area contributed by atoms with Crippen molar-refractivity contribution < 1.29 is 0 Å². The zero-order valence-corrected chi connectivity index (χ0v) is 38.7. The normalized spacial score (nSPS) is 11.7. The molecule has 0 unspecified atom stereocenters. The highest BCUT2D eigenvalue weighted by molar-refractivity contribution is 6.28. The summed E-state index contributed by atoms with van der Waals surface area (Å²) in [6.45, 7) is 0. The molecule has 0 aliphatic carbocycles. The minimum atomic E-state index is 0.690. The second kappa shape index (κ2) is 16.7. The molecule has 0 amide bonds. The Hall–Kier alpha value is -9.44. The maximum absolute atomic E-state index is 5.30. The van der Waals surface area contributed by atoms with Gasteiger partial charge in [0, 0.05) is 27.5 Å². The fourth-order valence-electron chi connectivity index (χ4n) is 11.1. The second-order valence-corrected chi connectivity index (χ2v) is 18.4. The van der Waals surface area contributed by atoms with Crippen molar-refractivity contribution in [3.05, 3.63) is 261 Å². The van der Waals surface area contributed by atoms with Gasteiger partial charge in [-0.3, -0.25) is 0 Å². The average Bonchev–Trinajstić information content (AvgIpc) is 3.78. The molecule has 2 aromatic heterocycles. The van der Waals surface area contributed by atoms with Gasteiger partial charge in [-0.25, -0.2) is 9.97 Å². The van der Waals surface area contributed by atoms with Crippen LogP contribution in [0.2, 0.25) is 0 Å². The Morgan fingerprint density at radius 2 is 0.761 bits per heavy atom. The van der Waals surface area contributed by atoms with Crippen molar-refractivity contribution >= 4 is 64.9 Å². The Labute approximate surface area is 411 Å². The second-order valence-electron chi connectivity index (χ2n) is 18.4. The fourth-order valence-corrected chi connectivity index (χ4v) is 11.1. The van der Waals surface area contributed by atoms with E-state index >= 15 is 0 Å². The first-order chi connectivity index (χ1) is 35.2. The van der Waals surface area contributed by atoms with Gasteiger partial charge < -0.3 is 4.57 Å². The van der Waals surface area contributed by atoms with Gasteiger partial charge in [0.1, 0.15) is 0 Å². The van der Waals surface area contributed by atoms with Crippen LogP contribution in [-0.2, 0) is 0 Å². The van der Waals surface area contributed by atoms with Crippen LogP contribution < -0.4 is 0 Å². The first-order valence-electron chi connectivity index (χ1n) is 24.3. The van der Waals surface area contributed by atoms with Crippen LogP contribution in [0.1, 0.15) is 0 Å². The molecule has 0 N–H and O–H groups in total. The van der Waals surface area contributed by atoms with E-state index in [9.17, 15) is 0 Å². The van der Waals surface area contributed by atoms with E-state index in [0.717, 1.165) is 50.2 Å². The molecule has 0 atom stereocenters.